The molecule has 0 aliphatic carbocycles. The number of halogens is 1. The molecule has 1 aromatic carbocycles. The fraction of sp³-hybridized carbons (Fsp3) is 0.182. The molecular weight excluding hydrogens is 319 g/mol. The summed E-state index contributed by atoms with van der Waals surface area (Å²) < 4.78 is 1.26. The zero-order valence-electron chi connectivity index (χ0n) is 8.27. The minimum Gasteiger partial charge on any atom is -0.369 e. The predicted octanol–water partition coefficient (Wildman–Crippen LogP) is 3.18. The topological polar surface area (TPSA) is 16.1 Å². The van der Waals surface area contributed by atoms with Gasteiger partial charge in [-0.2, -0.15) is 0 Å². The smallest absolute Gasteiger partial charge is 0.152 e. The zero-order valence-corrected chi connectivity index (χ0v) is 11.2. The van der Waals surface area contributed by atoms with Crippen LogP contribution in [0.2, 0.25) is 0 Å². The standard InChI is InChI=1S/C11H10IN2S/c1-14(6-10-7-15-8-13-10)11-4-2-9(12)3-5-11/h2-5,7H,6H2,1H3. The highest BCUT2D eigenvalue weighted by Crippen LogP contribution is 2.17. The highest BCUT2D eigenvalue weighted by atomic mass is 127. The van der Waals surface area contributed by atoms with Crippen LogP contribution in [-0.4, -0.2) is 12.0 Å². The van der Waals surface area contributed by atoms with Crippen LogP contribution in [0, 0.1) is 9.08 Å². The van der Waals surface area contributed by atoms with E-state index in [1.807, 2.05) is 5.38 Å². The first kappa shape index (κ1) is 10.9. The van der Waals surface area contributed by atoms with Crippen LogP contribution in [0.15, 0.2) is 29.6 Å². The zero-order chi connectivity index (χ0) is 10.7. The molecule has 0 bridgehead atoms. The first-order chi connectivity index (χ1) is 7.25. The third-order valence-corrected chi connectivity index (χ3v) is 3.41. The quantitative estimate of drug-likeness (QED) is 0.804. The molecule has 1 heterocycles. The van der Waals surface area contributed by atoms with Gasteiger partial charge in [-0.3, -0.25) is 0 Å². The van der Waals surface area contributed by atoms with Crippen molar-refractivity contribution in [1.29, 1.82) is 0 Å². The fourth-order valence-corrected chi connectivity index (χ4v) is 2.15. The molecular formula is C11H10IN2S. The summed E-state index contributed by atoms with van der Waals surface area (Å²) in [5, 5.41) is 2.03. The van der Waals surface area contributed by atoms with Crippen molar-refractivity contribution in [3.63, 3.8) is 0 Å². The van der Waals surface area contributed by atoms with E-state index in [-0.39, 0.29) is 0 Å². The van der Waals surface area contributed by atoms with E-state index >= 15 is 0 Å². The second-order valence-electron chi connectivity index (χ2n) is 3.26. The summed E-state index contributed by atoms with van der Waals surface area (Å²) >= 11 is 3.82. The second kappa shape index (κ2) is 4.94. The van der Waals surface area contributed by atoms with Gasteiger partial charge >= 0.3 is 0 Å². The lowest BCUT2D eigenvalue weighted by atomic mass is 10.3. The van der Waals surface area contributed by atoms with Gasteiger partial charge in [0.2, 0.25) is 0 Å². The van der Waals surface area contributed by atoms with Crippen molar-refractivity contribution in [3.05, 3.63) is 44.4 Å². The molecule has 77 valence electrons. The van der Waals surface area contributed by atoms with Crippen LogP contribution in [0.25, 0.3) is 0 Å². The Kier molecular flexibility index (Phi) is 3.58. The van der Waals surface area contributed by atoms with Crippen molar-refractivity contribution >= 4 is 39.6 Å². The van der Waals surface area contributed by atoms with Gasteiger partial charge in [-0.15, -0.1) is 11.3 Å². The summed E-state index contributed by atoms with van der Waals surface area (Å²) in [4.78, 5) is 6.33. The van der Waals surface area contributed by atoms with Gasteiger partial charge in [-0.25, -0.2) is 4.98 Å². The van der Waals surface area contributed by atoms with Crippen molar-refractivity contribution in [2.24, 2.45) is 0 Å². The second-order valence-corrected chi connectivity index (χ2v) is 5.16. The molecule has 0 saturated carbocycles. The van der Waals surface area contributed by atoms with Gasteiger partial charge in [-0.05, 0) is 46.9 Å². The molecule has 0 aliphatic heterocycles. The van der Waals surface area contributed by atoms with Crippen molar-refractivity contribution in [2.45, 2.75) is 6.54 Å². The molecule has 1 radical (unpaired) electrons. The van der Waals surface area contributed by atoms with Gasteiger partial charge < -0.3 is 4.90 Å². The van der Waals surface area contributed by atoms with Gasteiger partial charge in [-0.1, -0.05) is 0 Å². The van der Waals surface area contributed by atoms with E-state index in [2.05, 4.69) is 69.3 Å². The highest BCUT2D eigenvalue weighted by Gasteiger charge is 2.03. The lowest BCUT2D eigenvalue weighted by Crippen LogP contribution is -2.16. The Morgan fingerprint density at radius 2 is 2.13 bits per heavy atom. The predicted molar refractivity (Wildman–Crippen MR) is 72.2 cm³/mol. The largest absolute Gasteiger partial charge is 0.369 e. The maximum atomic E-state index is 4.15. The summed E-state index contributed by atoms with van der Waals surface area (Å²) in [6.07, 6.45) is 0. The van der Waals surface area contributed by atoms with Gasteiger partial charge in [0, 0.05) is 21.7 Å². The van der Waals surface area contributed by atoms with Crippen molar-refractivity contribution in [1.82, 2.24) is 4.98 Å². The average molecular weight is 329 g/mol. The van der Waals surface area contributed by atoms with Gasteiger partial charge in [0.05, 0.1) is 12.2 Å². The summed E-state index contributed by atoms with van der Waals surface area (Å²) in [5.74, 6) is 0. The maximum absolute atomic E-state index is 4.15. The Morgan fingerprint density at radius 3 is 2.73 bits per heavy atom. The van der Waals surface area contributed by atoms with Gasteiger partial charge in [0.1, 0.15) is 0 Å². The molecule has 0 amide bonds. The molecule has 15 heavy (non-hydrogen) atoms. The Labute approximate surface area is 107 Å². The van der Waals surface area contributed by atoms with Crippen LogP contribution < -0.4 is 4.90 Å². The van der Waals surface area contributed by atoms with Crippen LogP contribution in [0.4, 0.5) is 5.69 Å². The molecule has 4 heteroatoms. The van der Waals surface area contributed by atoms with Crippen molar-refractivity contribution in [3.8, 4) is 0 Å². The molecule has 1 aromatic heterocycles. The van der Waals surface area contributed by atoms with Crippen LogP contribution in [0.1, 0.15) is 5.69 Å². The first-order valence-corrected chi connectivity index (χ1v) is 6.49. The summed E-state index contributed by atoms with van der Waals surface area (Å²) in [7, 11) is 2.07. The SMILES string of the molecule is CN(Cc1cs[c]n1)c1ccc(I)cc1. The van der Waals surface area contributed by atoms with E-state index in [1.54, 1.807) is 0 Å². The van der Waals surface area contributed by atoms with Crippen molar-refractivity contribution in [2.75, 3.05) is 11.9 Å². The number of hydrogen-bond donors (Lipinski definition) is 0. The Balaban J connectivity index is 2.08. The lowest BCUT2D eigenvalue weighted by Gasteiger charge is -2.17. The molecule has 0 saturated heterocycles. The summed E-state index contributed by atoms with van der Waals surface area (Å²) in [5.41, 5.74) is 5.14. The van der Waals surface area contributed by atoms with E-state index in [9.17, 15) is 0 Å². The molecule has 0 N–H and O–H groups in total. The van der Waals surface area contributed by atoms with E-state index in [0.717, 1.165) is 12.2 Å². The van der Waals surface area contributed by atoms with Crippen LogP contribution in [-0.2, 0) is 6.54 Å². The van der Waals surface area contributed by atoms with E-state index < -0.39 is 0 Å². The molecule has 0 aliphatic rings. The fourth-order valence-electron chi connectivity index (χ4n) is 1.31. The minimum atomic E-state index is 0.834. The number of nitrogens with zero attached hydrogens (tertiary/aromatic N) is 2. The molecule has 0 unspecified atom stereocenters. The number of rotatable bonds is 3. The number of anilines is 1. The number of thiazole rings is 1. The Hall–Kier alpha value is -0.620. The van der Waals surface area contributed by atoms with Gasteiger partial charge in [0.15, 0.2) is 5.51 Å². The number of aromatic nitrogens is 1. The van der Waals surface area contributed by atoms with Crippen molar-refractivity contribution < 1.29 is 0 Å². The number of benzene rings is 1. The molecule has 2 rings (SSSR count). The van der Waals surface area contributed by atoms with E-state index in [4.69, 9.17) is 0 Å². The number of hydrogen-bond acceptors (Lipinski definition) is 3. The summed E-state index contributed by atoms with van der Waals surface area (Å²) in [6.45, 7) is 0.834. The maximum Gasteiger partial charge on any atom is 0.152 e. The minimum absolute atomic E-state index is 0.834. The molecule has 0 fully saturated rings. The Morgan fingerprint density at radius 1 is 1.40 bits per heavy atom. The Bertz CT molecular complexity index is 411. The molecule has 0 spiro atoms. The molecule has 2 nitrogen and oxygen atoms in total. The van der Waals surface area contributed by atoms with Crippen LogP contribution >= 0.6 is 33.9 Å². The molecule has 0 atom stereocenters. The molecule has 2 aromatic rings. The van der Waals surface area contributed by atoms with Gasteiger partial charge in [0.25, 0.3) is 0 Å². The third kappa shape index (κ3) is 2.92. The lowest BCUT2D eigenvalue weighted by molar-refractivity contribution is 0.894. The van der Waals surface area contributed by atoms with E-state index in [1.165, 1.54) is 20.6 Å². The van der Waals surface area contributed by atoms with Crippen LogP contribution in [0.3, 0.4) is 0 Å². The van der Waals surface area contributed by atoms with Crippen LogP contribution in [0.5, 0.6) is 0 Å². The average Bonchev–Trinajstić information content (AvgIpc) is 2.71. The normalized spacial score (nSPS) is 10.3. The highest BCUT2D eigenvalue weighted by molar-refractivity contribution is 14.1. The van der Waals surface area contributed by atoms with E-state index in [0.29, 0.717) is 0 Å². The summed E-state index contributed by atoms with van der Waals surface area (Å²) in [6, 6.07) is 8.47. The first-order valence-electron chi connectivity index (χ1n) is 4.53. The monoisotopic (exact) mass is 329 g/mol. The third-order valence-electron chi connectivity index (χ3n) is 2.10.